The van der Waals surface area contributed by atoms with Gasteiger partial charge in [0, 0.05) is 0 Å². The molecule has 0 saturated heterocycles. The van der Waals surface area contributed by atoms with Gasteiger partial charge >= 0.3 is 0 Å². The molecule has 1 rings (SSSR count). The summed E-state index contributed by atoms with van der Waals surface area (Å²) in [6, 6.07) is 0. The predicted molar refractivity (Wildman–Crippen MR) is 37.2 cm³/mol. The van der Waals surface area contributed by atoms with Crippen molar-refractivity contribution < 1.29 is 4.79 Å². The average Bonchev–Trinajstić information content (AvgIpc) is 2.66. The number of carbonyl (C=O) groups excluding carboxylic acids is 1. The number of hydrogen-bond donors (Lipinski definition) is 0. The molecule has 1 aliphatic rings. The van der Waals surface area contributed by atoms with E-state index in [1.54, 1.807) is 0 Å². The molecule has 0 N–H and O–H groups in total. The number of carbonyl (C=O) groups is 1. The monoisotopic (exact) mass is 124 g/mol. The highest BCUT2D eigenvalue weighted by Crippen LogP contribution is 2.31. The molecular formula is C8H12O. The Hall–Kier alpha value is -0.590. The molecule has 50 valence electrons. The maximum Gasteiger partial charge on any atom is 0.145 e. The molecule has 1 nitrogen and oxygen atoms in total. The molecule has 1 heteroatoms. The van der Waals surface area contributed by atoms with Crippen molar-refractivity contribution in [2.24, 2.45) is 5.92 Å². The molecule has 0 atom stereocenters. The van der Waals surface area contributed by atoms with E-state index in [2.05, 4.69) is 6.08 Å². The van der Waals surface area contributed by atoms with Gasteiger partial charge < -0.3 is 0 Å². The van der Waals surface area contributed by atoms with Crippen molar-refractivity contribution in [3.8, 4) is 0 Å². The van der Waals surface area contributed by atoms with E-state index in [-0.39, 0.29) is 0 Å². The molecule has 0 heterocycles. The molecule has 0 aliphatic heterocycles. The maximum absolute atomic E-state index is 10.2. The lowest BCUT2D eigenvalue weighted by atomic mass is 10.2. The standard InChI is InChI=1S/C8H12O/c1-2-7(6-9)5-8-3-4-8/h5-6,8H,2-4H2,1H3/b7-5+. The molecular weight excluding hydrogens is 112 g/mol. The Morgan fingerprint density at radius 3 is 2.67 bits per heavy atom. The SMILES string of the molecule is CC/C(C=O)=C\C1CC1. The van der Waals surface area contributed by atoms with E-state index in [0.717, 1.165) is 24.2 Å². The maximum atomic E-state index is 10.2. The zero-order chi connectivity index (χ0) is 6.69. The van der Waals surface area contributed by atoms with Gasteiger partial charge in [-0.15, -0.1) is 0 Å². The molecule has 0 aromatic heterocycles. The van der Waals surface area contributed by atoms with Gasteiger partial charge in [-0.2, -0.15) is 0 Å². The van der Waals surface area contributed by atoms with Crippen LogP contribution in [-0.4, -0.2) is 6.29 Å². The molecule has 1 aliphatic carbocycles. The van der Waals surface area contributed by atoms with Crippen molar-refractivity contribution in [3.05, 3.63) is 11.6 Å². The van der Waals surface area contributed by atoms with Crippen LogP contribution in [0.4, 0.5) is 0 Å². The van der Waals surface area contributed by atoms with Crippen LogP contribution in [0.5, 0.6) is 0 Å². The van der Waals surface area contributed by atoms with Crippen LogP contribution < -0.4 is 0 Å². The zero-order valence-corrected chi connectivity index (χ0v) is 5.76. The summed E-state index contributed by atoms with van der Waals surface area (Å²) in [6.07, 6.45) is 6.54. The predicted octanol–water partition coefficient (Wildman–Crippen LogP) is 1.93. The van der Waals surface area contributed by atoms with Crippen molar-refractivity contribution in [1.29, 1.82) is 0 Å². The van der Waals surface area contributed by atoms with Crippen molar-refractivity contribution in [2.75, 3.05) is 0 Å². The van der Waals surface area contributed by atoms with E-state index in [4.69, 9.17) is 0 Å². The topological polar surface area (TPSA) is 17.1 Å². The second-order valence-corrected chi connectivity index (χ2v) is 2.55. The molecule has 1 saturated carbocycles. The van der Waals surface area contributed by atoms with E-state index in [9.17, 15) is 4.79 Å². The van der Waals surface area contributed by atoms with E-state index < -0.39 is 0 Å². The van der Waals surface area contributed by atoms with Gasteiger partial charge in [-0.25, -0.2) is 0 Å². The summed E-state index contributed by atoms with van der Waals surface area (Å²) in [4.78, 5) is 10.2. The lowest BCUT2D eigenvalue weighted by Crippen LogP contribution is -1.81. The van der Waals surface area contributed by atoms with Gasteiger partial charge in [0.15, 0.2) is 0 Å². The van der Waals surface area contributed by atoms with Crippen LogP contribution in [0.3, 0.4) is 0 Å². The second kappa shape index (κ2) is 2.81. The quantitative estimate of drug-likeness (QED) is 0.415. The third kappa shape index (κ3) is 2.00. The van der Waals surface area contributed by atoms with Gasteiger partial charge in [-0.3, -0.25) is 4.79 Å². The number of rotatable bonds is 3. The fraction of sp³-hybridized carbons (Fsp3) is 0.625. The molecule has 9 heavy (non-hydrogen) atoms. The summed E-state index contributed by atoms with van der Waals surface area (Å²) in [5.41, 5.74) is 0.970. The van der Waals surface area contributed by atoms with Crippen LogP contribution >= 0.6 is 0 Å². The number of allylic oxidation sites excluding steroid dienone is 2. The van der Waals surface area contributed by atoms with Crippen molar-refractivity contribution >= 4 is 6.29 Å². The first-order chi connectivity index (χ1) is 4.36. The Labute approximate surface area is 55.8 Å². The highest BCUT2D eigenvalue weighted by atomic mass is 16.1. The van der Waals surface area contributed by atoms with Gasteiger partial charge in [0.05, 0.1) is 0 Å². The van der Waals surface area contributed by atoms with E-state index in [0.29, 0.717) is 0 Å². The smallest absolute Gasteiger partial charge is 0.145 e. The lowest BCUT2D eigenvalue weighted by molar-refractivity contribution is -0.105. The van der Waals surface area contributed by atoms with Crippen LogP contribution in [0.2, 0.25) is 0 Å². The van der Waals surface area contributed by atoms with Crippen molar-refractivity contribution in [2.45, 2.75) is 26.2 Å². The van der Waals surface area contributed by atoms with Gasteiger partial charge in [0.25, 0.3) is 0 Å². The summed E-state index contributed by atoms with van der Waals surface area (Å²) in [5.74, 6) is 0.741. The first-order valence-electron chi connectivity index (χ1n) is 3.52. The molecule has 1 fully saturated rings. The van der Waals surface area contributed by atoms with Gasteiger partial charge in [-0.1, -0.05) is 13.0 Å². The minimum atomic E-state index is 0.741. The van der Waals surface area contributed by atoms with Crippen LogP contribution in [0, 0.1) is 5.92 Å². The van der Waals surface area contributed by atoms with E-state index >= 15 is 0 Å². The third-order valence-corrected chi connectivity index (χ3v) is 1.63. The summed E-state index contributed by atoms with van der Waals surface area (Å²) in [6.45, 7) is 2.02. The van der Waals surface area contributed by atoms with Gasteiger partial charge in [0.1, 0.15) is 6.29 Å². The van der Waals surface area contributed by atoms with Gasteiger partial charge in [0.2, 0.25) is 0 Å². The first kappa shape index (κ1) is 6.53. The summed E-state index contributed by atoms with van der Waals surface area (Å²) in [5, 5.41) is 0. The van der Waals surface area contributed by atoms with E-state index in [1.165, 1.54) is 12.8 Å². The summed E-state index contributed by atoms with van der Waals surface area (Å²) in [7, 11) is 0. The Balaban J connectivity index is 2.41. The lowest BCUT2D eigenvalue weighted by Gasteiger charge is -1.88. The normalized spacial score (nSPS) is 19.9. The zero-order valence-electron chi connectivity index (χ0n) is 5.76. The Morgan fingerprint density at radius 2 is 2.33 bits per heavy atom. The fourth-order valence-corrected chi connectivity index (χ4v) is 0.806. The molecule has 0 aromatic rings. The highest BCUT2D eigenvalue weighted by molar-refractivity contribution is 5.73. The molecule has 0 aromatic carbocycles. The summed E-state index contributed by atoms with van der Waals surface area (Å²) < 4.78 is 0. The summed E-state index contributed by atoms with van der Waals surface area (Å²) >= 11 is 0. The average molecular weight is 124 g/mol. The molecule has 0 amide bonds. The second-order valence-electron chi connectivity index (χ2n) is 2.55. The molecule has 0 radical (unpaired) electrons. The van der Waals surface area contributed by atoms with Crippen molar-refractivity contribution in [1.82, 2.24) is 0 Å². The van der Waals surface area contributed by atoms with Gasteiger partial charge in [-0.05, 0) is 30.8 Å². The molecule has 0 unspecified atom stereocenters. The first-order valence-corrected chi connectivity index (χ1v) is 3.52. The van der Waals surface area contributed by atoms with E-state index in [1.807, 2.05) is 6.92 Å². The Morgan fingerprint density at radius 1 is 1.67 bits per heavy atom. The van der Waals surface area contributed by atoms with Crippen LogP contribution in [0.25, 0.3) is 0 Å². The number of hydrogen-bond acceptors (Lipinski definition) is 1. The highest BCUT2D eigenvalue weighted by Gasteiger charge is 2.18. The fourth-order valence-electron chi connectivity index (χ4n) is 0.806. The minimum absolute atomic E-state index is 0.741. The minimum Gasteiger partial charge on any atom is -0.298 e. The number of aldehydes is 1. The van der Waals surface area contributed by atoms with Crippen molar-refractivity contribution in [3.63, 3.8) is 0 Å². The largest absolute Gasteiger partial charge is 0.298 e. The Bertz CT molecular complexity index is 132. The molecule has 0 spiro atoms. The molecule has 0 bridgehead atoms. The Kier molecular flexibility index (Phi) is 2.04. The van der Waals surface area contributed by atoms with Crippen LogP contribution in [0.15, 0.2) is 11.6 Å². The third-order valence-electron chi connectivity index (χ3n) is 1.63. The van der Waals surface area contributed by atoms with Crippen LogP contribution in [0.1, 0.15) is 26.2 Å². The van der Waals surface area contributed by atoms with Crippen LogP contribution in [-0.2, 0) is 4.79 Å².